The van der Waals surface area contributed by atoms with Crippen molar-refractivity contribution in [3.05, 3.63) is 70.2 Å². The van der Waals surface area contributed by atoms with Crippen molar-refractivity contribution in [2.45, 2.75) is 6.42 Å². The summed E-state index contributed by atoms with van der Waals surface area (Å²) in [5.74, 6) is 0.946. The Kier molecular flexibility index (Phi) is 3.71. The van der Waals surface area contributed by atoms with Gasteiger partial charge in [0.25, 0.3) is 5.91 Å². The number of halogens is 1. The fraction of sp³-hybridized carbons (Fsp3) is 0.111. The van der Waals surface area contributed by atoms with Crippen LogP contribution < -0.4 is 4.90 Å². The van der Waals surface area contributed by atoms with Crippen LogP contribution in [-0.4, -0.2) is 17.4 Å². The zero-order chi connectivity index (χ0) is 15.8. The van der Waals surface area contributed by atoms with E-state index < -0.39 is 0 Å². The molecule has 4 rings (SSSR count). The van der Waals surface area contributed by atoms with Crippen molar-refractivity contribution < 1.29 is 4.79 Å². The Labute approximate surface area is 143 Å². The van der Waals surface area contributed by atoms with E-state index in [0.717, 1.165) is 29.1 Å². The number of hydrogen-bond acceptors (Lipinski definition) is 3. The standard InChI is InChI=1S/C18H13ClN2OS/c19-12-4-3-5-13(10-12)20-17-15-6-1-2-7-16(15)21(18(17)22)14-8-9-23-11-14/h1-7,10-11H,8-9H2/b20-17-. The minimum Gasteiger partial charge on any atom is -0.278 e. The first kappa shape index (κ1) is 14.5. The van der Waals surface area contributed by atoms with Crippen LogP contribution in [0.1, 0.15) is 12.0 Å². The van der Waals surface area contributed by atoms with E-state index in [4.69, 9.17) is 11.6 Å². The predicted molar refractivity (Wildman–Crippen MR) is 96.7 cm³/mol. The van der Waals surface area contributed by atoms with Crippen molar-refractivity contribution in [2.75, 3.05) is 10.7 Å². The number of anilines is 1. The van der Waals surface area contributed by atoms with E-state index in [0.29, 0.717) is 16.4 Å². The molecule has 0 spiro atoms. The second kappa shape index (κ2) is 5.87. The van der Waals surface area contributed by atoms with Crippen LogP contribution in [0.3, 0.4) is 0 Å². The highest BCUT2D eigenvalue weighted by atomic mass is 35.5. The number of rotatable bonds is 2. The number of allylic oxidation sites excluding steroid dienone is 1. The number of aliphatic imine (C=N–C) groups is 1. The van der Waals surface area contributed by atoms with E-state index in [9.17, 15) is 4.79 Å². The molecular formula is C18H13ClN2OS. The first-order valence-corrected chi connectivity index (χ1v) is 8.75. The van der Waals surface area contributed by atoms with Crippen LogP contribution in [-0.2, 0) is 4.79 Å². The van der Waals surface area contributed by atoms with Crippen molar-refractivity contribution in [1.29, 1.82) is 0 Å². The molecule has 2 aliphatic heterocycles. The highest BCUT2D eigenvalue weighted by Crippen LogP contribution is 2.37. The molecule has 0 unspecified atom stereocenters. The molecule has 5 heteroatoms. The second-order valence-corrected chi connectivity index (χ2v) is 6.74. The van der Waals surface area contributed by atoms with Crippen LogP contribution in [0, 0.1) is 0 Å². The van der Waals surface area contributed by atoms with Crippen LogP contribution in [0.25, 0.3) is 0 Å². The molecule has 0 atom stereocenters. The highest BCUT2D eigenvalue weighted by molar-refractivity contribution is 8.02. The van der Waals surface area contributed by atoms with E-state index in [-0.39, 0.29) is 5.91 Å². The van der Waals surface area contributed by atoms with Gasteiger partial charge in [0.15, 0.2) is 0 Å². The van der Waals surface area contributed by atoms with Crippen molar-refractivity contribution in [3.63, 3.8) is 0 Å². The largest absolute Gasteiger partial charge is 0.281 e. The number of nitrogens with zero attached hydrogens (tertiary/aromatic N) is 2. The molecule has 0 aromatic heterocycles. The molecule has 2 heterocycles. The number of para-hydroxylation sites is 1. The van der Waals surface area contributed by atoms with Crippen LogP contribution in [0.5, 0.6) is 0 Å². The Balaban J connectivity index is 1.83. The Hall–Kier alpha value is -2.04. The number of carbonyl (C=O) groups excluding carboxylic acids is 1. The molecule has 2 aliphatic rings. The summed E-state index contributed by atoms with van der Waals surface area (Å²) >= 11 is 7.76. The van der Waals surface area contributed by atoms with Crippen LogP contribution >= 0.6 is 23.4 Å². The van der Waals surface area contributed by atoms with E-state index in [2.05, 4.69) is 10.4 Å². The molecular weight excluding hydrogens is 328 g/mol. The van der Waals surface area contributed by atoms with E-state index in [1.807, 2.05) is 36.4 Å². The summed E-state index contributed by atoms with van der Waals surface area (Å²) in [7, 11) is 0. The first-order chi connectivity index (χ1) is 11.2. The zero-order valence-corrected chi connectivity index (χ0v) is 13.8. The SMILES string of the molecule is O=C1/C(=N\c2cccc(Cl)c2)c2ccccc2N1C1=CSCC1. The highest BCUT2D eigenvalue weighted by Gasteiger charge is 2.36. The van der Waals surface area contributed by atoms with Crippen molar-refractivity contribution >= 4 is 46.4 Å². The molecule has 0 saturated carbocycles. The maximum atomic E-state index is 13.0. The van der Waals surface area contributed by atoms with Gasteiger partial charge in [-0.2, -0.15) is 0 Å². The number of carbonyl (C=O) groups is 1. The smallest absolute Gasteiger partial charge is 0.278 e. The third-order valence-electron chi connectivity index (χ3n) is 3.84. The normalized spacial score (nSPS) is 18.5. The lowest BCUT2D eigenvalue weighted by atomic mass is 10.1. The molecule has 114 valence electrons. The molecule has 0 N–H and O–H groups in total. The summed E-state index contributed by atoms with van der Waals surface area (Å²) in [5, 5.41) is 2.68. The molecule has 0 radical (unpaired) electrons. The molecule has 0 saturated heterocycles. The molecule has 2 aromatic carbocycles. The van der Waals surface area contributed by atoms with Crippen LogP contribution in [0.4, 0.5) is 11.4 Å². The monoisotopic (exact) mass is 340 g/mol. The lowest BCUT2D eigenvalue weighted by Gasteiger charge is -2.17. The number of hydrogen-bond donors (Lipinski definition) is 0. The fourth-order valence-electron chi connectivity index (χ4n) is 2.81. The van der Waals surface area contributed by atoms with Crippen LogP contribution in [0.2, 0.25) is 5.02 Å². The Morgan fingerprint density at radius 3 is 2.78 bits per heavy atom. The minimum atomic E-state index is -0.0695. The fourth-order valence-corrected chi connectivity index (χ4v) is 3.85. The Morgan fingerprint density at radius 1 is 1.13 bits per heavy atom. The maximum absolute atomic E-state index is 13.0. The summed E-state index contributed by atoms with van der Waals surface area (Å²) in [5.41, 5.74) is 3.99. The molecule has 23 heavy (non-hydrogen) atoms. The average molecular weight is 341 g/mol. The van der Waals surface area contributed by atoms with Gasteiger partial charge in [0, 0.05) is 22.0 Å². The maximum Gasteiger partial charge on any atom is 0.281 e. The minimum absolute atomic E-state index is 0.0695. The van der Waals surface area contributed by atoms with Gasteiger partial charge in [-0.05, 0) is 36.1 Å². The van der Waals surface area contributed by atoms with Crippen molar-refractivity contribution in [3.8, 4) is 0 Å². The summed E-state index contributed by atoms with van der Waals surface area (Å²) in [6.45, 7) is 0. The lowest BCUT2D eigenvalue weighted by molar-refractivity contribution is -0.111. The number of fused-ring (bicyclic) bond motifs is 1. The lowest BCUT2D eigenvalue weighted by Crippen LogP contribution is -2.28. The summed E-state index contributed by atoms with van der Waals surface area (Å²) in [6.07, 6.45) is 0.898. The van der Waals surface area contributed by atoms with Gasteiger partial charge in [-0.1, -0.05) is 35.9 Å². The first-order valence-electron chi connectivity index (χ1n) is 7.33. The quantitative estimate of drug-likeness (QED) is 0.787. The van der Waals surface area contributed by atoms with Crippen molar-refractivity contribution in [1.82, 2.24) is 0 Å². The third-order valence-corrected chi connectivity index (χ3v) is 4.95. The zero-order valence-electron chi connectivity index (χ0n) is 12.2. The van der Waals surface area contributed by atoms with Gasteiger partial charge in [-0.15, -0.1) is 11.8 Å². The van der Waals surface area contributed by atoms with Gasteiger partial charge in [0.05, 0.1) is 11.4 Å². The summed E-state index contributed by atoms with van der Waals surface area (Å²) in [4.78, 5) is 19.3. The van der Waals surface area contributed by atoms with Crippen molar-refractivity contribution in [2.24, 2.45) is 4.99 Å². The van der Waals surface area contributed by atoms with E-state index in [1.165, 1.54) is 0 Å². The predicted octanol–water partition coefficient (Wildman–Crippen LogP) is 4.79. The third kappa shape index (κ3) is 2.58. The van der Waals surface area contributed by atoms with Gasteiger partial charge in [-0.25, -0.2) is 4.99 Å². The molecule has 3 nitrogen and oxygen atoms in total. The van der Waals surface area contributed by atoms with Gasteiger partial charge in [0.1, 0.15) is 5.71 Å². The van der Waals surface area contributed by atoms with E-state index >= 15 is 0 Å². The molecule has 0 fully saturated rings. The summed E-state index contributed by atoms with van der Waals surface area (Å²) in [6, 6.07) is 15.0. The van der Waals surface area contributed by atoms with Crippen LogP contribution in [0.15, 0.2) is 64.6 Å². The summed E-state index contributed by atoms with van der Waals surface area (Å²) < 4.78 is 0. The Bertz CT molecular complexity index is 860. The molecule has 0 aliphatic carbocycles. The molecule has 0 bridgehead atoms. The Morgan fingerprint density at radius 2 is 2.00 bits per heavy atom. The number of thioether (sulfide) groups is 1. The molecule has 1 amide bonds. The second-order valence-electron chi connectivity index (χ2n) is 5.33. The van der Waals surface area contributed by atoms with E-state index in [1.54, 1.807) is 28.8 Å². The topological polar surface area (TPSA) is 32.7 Å². The van der Waals surface area contributed by atoms with Gasteiger partial charge in [0.2, 0.25) is 0 Å². The number of benzene rings is 2. The van der Waals surface area contributed by atoms with Gasteiger partial charge >= 0.3 is 0 Å². The number of amides is 1. The van der Waals surface area contributed by atoms with Gasteiger partial charge in [-0.3, -0.25) is 9.69 Å². The van der Waals surface area contributed by atoms with Gasteiger partial charge < -0.3 is 0 Å². The average Bonchev–Trinajstić information content (AvgIpc) is 3.15. The molecule has 2 aromatic rings.